The molecule has 0 bridgehead atoms. The second-order valence-electron chi connectivity index (χ2n) is 6.22. The molecule has 0 fully saturated rings. The molecule has 0 spiro atoms. The van der Waals surface area contributed by atoms with Crippen LogP contribution >= 0.6 is 0 Å². The van der Waals surface area contributed by atoms with Crippen LogP contribution in [0.3, 0.4) is 0 Å². The maximum atomic E-state index is 12.6. The number of carbonyl (C=O) groups excluding carboxylic acids is 1. The van der Waals surface area contributed by atoms with E-state index in [1.165, 1.54) is 10.2 Å². The lowest BCUT2D eigenvalue weighted by atomic mass is 10.1. The smallest absolute Gasteiger partial charge is 0.267 e. The Morgan fingerprint density at radius 1 is 1.11 bits per heavy atom. The van der Waals surface area contributed by atoms with E-state index in [0.29, 0.717) is 17.3 Å². The quantitative estimate of drug-likeness (QED) is 0.541. The minimum atomic E-state index is -0.447. The average molecular weight is 362 g/mol. The van der Waals surface area contributed by atoms with Crippen LogP contribution in [0.1, 0.15) is 41.9 Å². The van der Waals surface area contributed by atoms with Crippen LogP contribution in [0.2, 0.25) is 0 Å². The first-order valence-electron chi connectivity index (χ1n) is 9.06. The molecule has 1 N–H and O–H groups in total. The van der Waals surface area contributed by atoms with Crippen LogP contribution < -0.4 is 11.0 Å². The summed E-state index contributed by atoms with van der Waals surface area (Å²) < 4.78 is 1.34. The molecule has 138 valence electrons. The SMILES string of the molecule is CCCn1nc(C(=O)N/N=C\c2ccc(CC)cc2)c2ccccc2c1=O. The van der Waals surface area contributed by atoms with Gasteiger partial charge in [-0.05, 0) is 30.0 Å². The lowest BCUT2D eigenvalue weighted by molar-refractivity contribution is 0.0949. The van der Waals surface area contributed by atoms with Gasteiger partial charge in [0.2, 0.25) is 0 Å². The predicted molar refractivity (Wildman–Crippen MR) is 107 cm³/mol. The lowest BCUT2D eigenvalue weighted by Gasteiger charge is -2.09. The highest BCUT2D eigenvalue weighted by molar-refractivity contribution is 6.04. The maximum absolute atomic E-state index is 12.6. The van der Waals surface area contributed by atoms with Crippen LogP contribution in [0.15, 0.2) is 58.4 Å². The first kappa shape index (κ1) is 18.5. The number of hydrogen-bond acceptors (Lipinski definition) is 4. The van der Waals surface area contributed by atoms with E-state index in [1.54, 1.807) is 30.5 Å². The molecule has 0 aliphatic carbocycles. The summed E-state index contributed by atoms with van der Waals surface area (Å²) in [6.45, 7) is 4.51. The number of aryl methyl sites for hydroxylation is 2. The number of fused-ring (bicyclic) bond motifs is 1. The highest BCUT2D eigenvalue weighted by Gasteiger charge is 2.15. The summed E-state index contributed by atoms with van der Waals surface area (Å²) in [6.07, 6.45) is 3.31. The van der Waals surface area contributed by atoms with Gasteiger partial charge in [0, 0.05) is 11.9 Å². The number of hydrazone groups is 1. The van der Waals surface area contributed by atoms with Crippen molar-refractivity contribution in [3.63, 3.8) is 0 Å². The molecule has 2 aromatic carbocycles. The highest BCUT2D eigenvalue weighted by atomic mass is 16.2. The summed E-state index contributed by atoms with van der Waals surface area (Å²) in [7, 11) is 0. The van der Waals surface area contributed by atoms with Gasteiger partial charge in [0.05, 0.1) is 11.6 Å². The Bertz CT molecular complexity index is 1040. The second-order valence-corrected chi connectivity index (χ2v) is 6.22. The maximum Gasteiger partial charge on any atom is 0.292 e. The van der Waals surface area contributed by atoms with Crippen molar-refractivity contribution < 1.29 is 4.79 Å². The van der Waals surface area contributed by atoms with Gasteiger partial charge in [-0.1, -0.05) is 56.3 Å². The zero-order valence-corrected chi connectivity index (χ0v) is 15.5. The Morgan fingerprint density at radius 3 is 2.48 bits per heavy atom. The minimum Gasteiger partial charge on any atom is -0.267 e. The van der Waals surface area contributed by atoms with Crippen molar-refractivity contribution in [2.24, 2.45) is 5.10 Å². The first-order valence-corrected chi connectivity index (χ1v) is 9.06. The number of amides is 1. The van der Waals surface area contributed by atoms with Gasteiger partial charge in [-0.15, -0.1) is 0 Å². The van der Waals surface area contributed by atoms with E-state index in [4.69, 9.17) is 0 Å². The number of benzene rings is 2. The third-order valence-corrected chi connectivity index (χ3v) is 4.29. The van der Waals surface area contributed by atoms with Crippen LogP contribution in [0, 0.1) is 0 Å². The molecule has 1 aromatic heterocycles. The molecule has 6 nitrogen and oxygen atoms in total. The lowest BCUT2D eigenvalue weighted by Crippen LogP contribution is -2.29. The second kappa shape index (κ2) is 8.40. The summed E-state index contributed by atoms with van der Waals surface area (Å²) in [5.41, 5.74) is 4.64. The molecule has 0 saturated heterocycles. The number of nitrogens with one attached hydrogen (secondary N) is 1. The third kappa shape index (κ3) is 4.11. The van der Waals surface area contributed by atoms with Crippen molar-refractivity contribution in [3.05, 3.63) is 75.7 Å². The zero-order chi connectivity index (χ0) is 19.2. The fourth-order valence-electron chi connectivity index (χ4n) is 2.82. The molecular weight excluding hydrogens is 340 g/mol. The Hall–Kier alpha value is -3.28. The van der Waals surface area contributed by atoms with Crippen molar-refractivity contribution in [1.82, 2.24) is 15.2 Å². The summed E-state index contributed by atoms with van der Waals surface area (Å²) >= 11 is 0. The molecule has 6 heteroatoms. The van der Waals surface area contributed by atoms with Gasteiger partial charge in [0.25, 0.3) is 11.5 Å². The number of aromatic nitrogens is 2. The molecule has 3 rings (SSSR count). The van der Waals surface area contributed by atoms with Crippen molar-refractivity contribution in [2.45, 2.75) is 33.2 Å². The number of carbonyl (C=O) groups is 1. The molecule has 0 aliphatic heterocycles. The normalized spacial score (nSPS) is 11.2. The zero-order valence-electron chi connectivity index (χ0n) is 15.5. The third-order valence-electron chi connectivity index (χ3n) is 4.29. The largest absolute Gasteiger partial charge is 0.292 e. The minimum absolute atomic E-state index is 0.191. The Labute approximate surface area is 157 Å². The van der Waals surface area contributed by atoms with Gasteiger partial charge < -0.3 is 0 Å². The van der Waals surface area contributed by atoms with Crippen molar-refractivity contribution in [1.29, 1.82) is 0 Å². The molecule has 0 radical (unpaired) electrons. The Kier molecular flexibility index (Phi) is 5.76. The van der Waals surface area contributed by atoms with Crippen molar-refractivity contribution in [3.8, 4) is 0 Å². The summed E-state index contributed by atoms with van der Waals surface area (Å²) in [4.78, 5) is 25.1. The monoisotopic (exact) mass is 362 g/mol. The van der Waals surface area contributed by atoms with Crippen LogP contribution in [0.4, 0.5) is 0 Å². The van der Waals surface area contributed by atoms with E-state index in [0.717, 1.165) is 18.4 Å². The topological polar surface area (TPSA) is 76.3 Å². The summed E-state index contributed by atoms with van der Waals surface area (Å²) in [5, 5.41) is 9.28. The van der Waals surface area contributed by atoms with Gasteiger partial charge >= 0.3 is 0 Å². The van der Waals surface area contributed by atoms with E-state index < -0.39 is 5.91 Å². The first-order chi connectivity index (χ1) is 13.1. The standard InChI is InChI=1S/C21H22N4O2/c1-3-13-25-21(27)18-8-6-5-7-17(18)19(24-25)20(26)23-22-14-16-11-9-15(4-2)10-12-16/h5-12,14H,3-4,13H2,1-2H3,(H,23,26)/b22-14-. The van der Waals surface area contributed by atoms with Gasteiger partial charge in [-0.2, -0.15) is 10.2 Å². The molecule has 27 heavy (non-hydrogen) atoms. The molecule has 0 aliphatic rings. The molecule has 0 unspecified atom stereocenters. The summed E-state index contributed by atoms with van der Waals surface area (Å²) in [6, 6.07) is 14.9. The number of rotatable bonds is 6. The molecule has 0 saturated carbocycles. The van der Waals surface area contributed by atoms with E-state index in [1.807, 2.05) is 31.2 Å². The molecular formula is C21H22N4O2. The van der Waals surface area contributed by atoms with Gasteiger partial charge in [0.15, 0.2) is 5.69 Å². The fourth-order valence-corrected chi connectivity index (χ4v) is 2.82. The van der Waals surface area contributed by atoms with E-state index in [-0.39, 0.29) is 11.3 Å². The highest BCUT2D eigenvalue weighted by Crippen LogP contribution is 2.13. The average Bonchev–Trinajstić information content (AvgIpc) is 2.70. The van der Waals surface area contributed by atoms with E-state index in [2.05, 4.69) is 22.5 Å². The van der Waals surface area contributed by atoms with Gasteiger partial charge in [-0.25, -0.2) is 10.1 Å². The molecule has 0 atom stereocenters. The number of hydrogen-bond donors (Lipinski definition) is 1. The molecule has 1 amide bonds. The fraction of sp³-hybridized carbons (Fsp3) is 0.238. The number of nitrogens with zero attached hydrogens (tertiary/aromatic N) is 3. The van der Waals surface area contributed by atoms with Crippen LogP contribution in [0.25, 0.3) is 10.8 Å². The molecule has 1 heterocycles. The van der Waals surface area contributed by atoms with Crippen LogP contribution in [-0.4, -0.2) is 21.9 Å². The van der Waals surface area contributed by atoms with E-state index >= 15 is 0 Å². The predicted octanol–water partition coefficient (Wildman–Crippen LogP) is 3.13. The Morgan fingerprint density at radius 2 is 1.81 bits per heavy atom. The Balaban J connectivity index is 1.87. The van der Waals surface area contributed by atoms with Crippen LogP contribution in [-0.2, 0) is 13.0 Å². The van der Waals surface area contributed by atoms with Crippen LogP contribution in [0.5, 0.6) is 0 Å². The summed E-state index contributed by atoms with van der Waals surface area (Å²) in [5.74, 6) is -0.447. The van der Waals surface area contributed by atoms with Crippen molar-refractivity contribution in [2.75, 3.05) is 0 Å². The van der Waals surface area contributed by atoms with Crippen molar-refractivity contribution >= 4 is 22.9 Å². The molecule has 3 aromatic rings. The van der Waals surface area contributed by atoms with E-state index in [9.17, 15) is 9.59 Å². The van der Waals surface area contributed by atoms with Gasteiger partial charge in [0.1, 0.15) is 0 Å². The van der Waals surface area contributed by atoms with Gasteiger partial charge in [-0.3, -0.25) is 9.59 Å².